The molecule has 0 spiro atoms. The Labute approximate surface area is 208 Å². The van der Waals surface area contributed by atoms with Gasteiger partial charge in [-0.15, -0.1) is 11.8 Å². The van der Waals surface area contributed by atoms with Crippen LogP contribution in [0.15, 0.2) is 53.4 Å². The van der Waals surface area contributed by atoms with Crippen molar-refractivity contribution in [1.82, 2.24) is 0 Å². The van der Waals surface area contributed by atoms with Crippen LogP contribution in [0.3, 0.4) is 0 Å². The molecule has 0 aliphatic carbocycles. The number of nitro benzene ring substituents is 1. The smallest absolute Gasteiger partial charge is 0.416 e. The van der Waals surface area contributed by atoms with Gasteiger partial charge in [0.2, 0.25) is 5.75 Å². The molecule has 0 atom stereocenters. The Hall–Kier alpha value is -2.27. The lowest BCUT2D eigenvalue weighted by Crippen LogP contribution is -2.06. The lowest BCUT2D eigenvalue weighted by Gasteiger charge is -2.10. The van der Waals surface area contributed by atoms with Crippen molar-refractivity contribution in [2.75, 3.05) is 6.26 Å². The fourth-order valence-corrected chi connectivity index (χ4v) is 4.14. The summed E-state index contributed by atoms with van der Waals surface area (Å²) >= 11 is 3.90. The first-order valence-electron chi connectivity index (χ1n) is 9.75. The topological polar surface area (TPSA) is 52.4 Å². The van der Waals surface area contributed by atoms with Crippen LogP contribution in [0.4, 0.5) is 18.9 Å². The number of ether oxygens (including phenoxy) is 1. The Morgan fingerprint density at radius 1 is 0.939 bits per heavy atom. The standard InChI is InChI=1S/C14H10F3NO3S.C10H13I/c1-22-11-5-3-10(4-6-11)21-13-7-2-9(14(15,16)17)8-12(13)18(19)20;1-6-5-10(11)9(4)8(3)7(6)2/h2-8H,1H3;5H,1-4H3. The Bertz CT molecular complexity index is 1120. The maximum Gasteiger partial charge on any atom is 0.416 e. The Morgan fingerprint density at radius 2 is 1.55 bits per heavy atom. The molecule has 176 valence electrons. The number of alkyl halides is 3. The van der Waals surface area contributed by atoms with E-state index in [1.54, 1.807) is 24.3 Å². The Balaban J connectivity index is 0.000000294. The van der Waals surface area contributed by atoms with E-state index >= 15 is 0 Å². The molecule has 0 aromatic heterocycles. The second kappa shape index (κ2) is 11.2. The Morgan fingerprint density at radius 3 is 2.06 bits per heavy atom. The summed E-state index contributed by atoms with van der Waals surface area (Å²) in [6.45, 7) is 8.74. The van der Waals surface area contributed by atoms with Gasteiger partial charge in [-0.25, -0.2) is 0 Å². The monoisotopic (exact) mass is 589 g/mol. The number of halogens is 4. The van der Waals surface area contributed by atoms with Crippen molar-refractivity contribution < 1.29 is 22.8 Å². The van der Waals surface area contributed by atoms with Crippen molar-refractivity contribution >= 4 is 40.0 Å². The summed E-state index contributed by atoms with van der Waals surface area (Å²) in [5.74, 6) is 0.0653. The highest BCUT2D eigenvalue weighted by atomic mass is 127. The SMILES string of the molecule is CSc1ccc(Oc2ccc(C(F)(F)F)cc2[N+](=O)[O-])cc1.Cc1cc(I)c(C)c(C)c1C. The van der Waals surface area contributed by atoms with Crippen LogP contribution in [0.25, 0.3) is 0 Å². The minimum absolute atomic E-state index is 0.241. The molecule has 3 rings (SSSR count). The molecule has 0 unspecified atom stereocenters. The van der Waals surface area contributed by atoms with Gasteiger partial charge in [-0.1, -0.05) is 0 Å². The lowest BCUT2D eigenvalue weighted by atomic mass is 10.0. The van der Waals surface area contributed by atoms with Crippen LogP contribution in [-0.2, 0) is 6.18 Å². The summed E-state index contributed by atoms with van der Waals surface area (Å²) < 4.78 is 44.5. The van der Waals surface area contributed by atoms with E-state index in [2.05, 4.69) is 56.4 Å². The normalized spacial score (nSPS) is 10.9. The number of hydrogen-bond acceptors (Lipinski definition) is 4. The third kappa shape index (κ3) is 7.10. The van der Waals surface area contributed by atoms with E-state index in [0.29, 0.717) is 11.8 Å². The molecule has 0 saturated heterocycles. The van der Waals surface area contributed by atoms with E-state index in [1.807, 2.05) is 6.26 Å². The van der Waals surface area contributed by atoms with Crippen molar-refractivity contribution in [2.24, 2.45) is 0 Å². The van der Waals surface area contributed by atoms with E-state index in [9.17, 15) is 23.3 Å². The van der Waals surface area contributed by atoms with Crippen LogP contribution in [0.5, 0.6) is 11.5 Å². The molecular formula is C24H23F3INO3S. The van der Waals surface area contributed by atoms with Gasteiger partial charge < -0.3 is 4.74 Å². The third-order valence-electron chi connectivity index (χ3n) is 5.19. The van der Waals surface area contributed by atoms with Crippen molar-refractivity contribution in [1.29, 1.82) is 0 Å². The predicted octanol–water partition coefficient (Wildman–Crippen LogP) is 8.65. The second-order valence-electron chi connectivity index (χ2n) is 7.27. The number of benzene rings is 3. The first kappa shape index (κ1) is 27.0. The maximum atomic E-state index is 12.6. The molecule has 0 saturated carbocycles. The fourth-order valence-electron chi connectivity index (χ4n) is 2.86. The number of nitro groups is 1. The van der Waals surface area contributed by atoms with Crippen molar-refractivity contribution in [3.63, 3.8) is 0 Å². The van der Waals surface area contributed by atoms with E-state index in [4.69, 9.17) is 4.74 Å². The average molecular weight is 589 g/mol. The molecule has 0 aliphatic heterocycles. The van der Waals surface area contributed by atoms with Crippen molar-refractivity contribution in [3.05, 3.63) is 90.0 Å². The first-order valence-corrected chi connectivity index (χ1v) is 12.1. The van der Waals surface area contributed by atoms with Gasteiger partial charge in [0, 0.05) is 14.5 Å². The zero-order chi connectivity index (χ0) is 24.9. The van der Waals surface area contributed by atoms with E-state index in [0.717, 1.165) is 17.0 Å². The molecule has 0 aliphatic rings. The average Bonchev–Trinajstić information content (AvgIpc) is 2.76. The zero-order valence-electron chi connectivity index (χ0n) is 18.7. The fraction of sp³-hybridized carbons (Fsp3) is 0.250. The minimum atomic E-state index is -4.65. The van der Waals surface area contributed by atoms with E-state index in [1.165, 1.54) is 37.6 Å². The molecule has 0 bridgehead atoms. The molecular weight excluding hydrogens is 566 g/mol. The first-order chi connectivity index (χ1) is 15.3. The van der Waals surface area contributed by atoms with Gasteiger partial charge in [0.15, 0.2) is 0 Å². The van der Waals surface area contributed by atoms with Crippen molar-refractivity contribution in [2.45, 2.75) is 38.8 Å². The lowest BCUT2D eigenvalue weighted by molar-refractivity contribution is -0.385. The number of nitrogens with zero attached hydrogens (tertiary/aromatic N) is 1. The third-order valence-corrected chi connectivity index (χ3v) is 7.05. The highest BCUT2D eigenvalue weighted by molar-refractivity contribution is 14.1. The number of rotatable bonds is 4. The minimum Gasteiger partial charge on any atom is -0.450 e. The van der Waals surface area contributed by atoms with Crippen LogP contribution in [0.1, 0.15) is 27.8 Å². The quantitative estimate of drug-likeness (QED) is 0.132. The molecule has 0 radical (unpaired) electrons. The zero-order valence-corrected chi connectivity index (χ0v) is 21.7. The van der Waals surface area contributed by atoms with E-state index in [-0.39, 0.29) is 5.75 Å². The van der Waals surface area contributed by atoms with Crippen LogP contribution >= 0.6 is 34.4 Å². The summed E-state index contributed by atoms with van der Waals surface area (Å²) in [7, 11) is 0. The highest BCUT2D eigenvalue weighted by Gasteiger charge is 2.33. The molecule has 3 aromatic carbocycles. The summed E-state index contributed by atoms with van der Waals surface area (Å²) in [5.41, 5.74) is 3.87. The largest absolute Gasteiger partial charge is 0.450 e. The van der Waals surface area contributed by atoms with Crippen LogP contribution < -0.4 is 4.74 Å². The summed E-state index contributed by atoms with van der Waals surface area (Å²) in [4.78, 5) is 11.0. The van der Waals surface area contributed by atoms with Gasteiger partial charge in [-0.05, 0) is 121 Å². The van der Waals surface area contributed by atoms with Gasteiger partial charge in [-0.2, -0.15) is 13.2 Å². The molecule has 4 nitrogen and oxygen atoms in total. The predicted molar refractivity (Wildman–Crippen MR) is 135 cm³/mol. The van der Waals surface area contributed by atoms with Crippen LogP contribution in [-0.4, -0.2) is 11.2 Å². The molecule has 3 aromatic rings. The molecule has 0 heterocycles. The van der Waals surface area contributed by atoms with Gasteiger partial charge in [-0.3, -0.25) is 10.1 Å². The molecule has 33 heavy (non-hydrogen) atoms. The van der Waals surface area contributed by atoms with Gasteiger partial charge in [0.25, 0.3) is 0 Å². The van der Waals surface area contributed by atoms with Gasteiger partial charge >= 0.3 is 11.9 Å². The van der Waals surface area contributed by atoms with Gasteiger partial charge in [0.1, 0.15) is 5.75 Å². The Kier molecular flexibility index (Phi) is 9.19. The summed E-state index contributed by atoms with van der Waals surface area (Å²) in [5, 5.41) is 10.9. The molecule has 0 amide bonds. The number of thioether (sulfide) groups is 1. The van der Waals surface area contributed by atoms with Crippen LogP contribution in [0, 0.1) is 41.4 Å². The molecule has 0 N–H and O–H groups in total. The maximum absolute atomic E-state index is 12.6. The second-order valence-corrected chi connectivity index (χ2v) is 9.31. The molecule has 0 fully saturated rings. The van der Waals surface area contributed by atoms with E-state index < -0.39 is 22.4 Å². The molecule has 9 heteroatoms. The summed E-state index contributed by atoms with van der Waals surface area (Å²) in [6, 6.07) is 11.1. The van der Waals surface area contributed by atoms with Crippen LogP contribution in [0.2, 0.25) is 0 Å². The summed E-state index contributed by atoms with van der Waals surface area (Å²) in [6.07, 6.45) is -2.76. The highest BCUT2D eigenvalue weighted by Crippen LogP contribution is 2.38. The van der Waals surface area contributed by atoms with Gasteiger partial charge in [0.05, 0.1) is 10.5 Å². The number of hydrogen-bond donors (Lipinski definition) is 0. The number of aryl methyl sites for hydroxylation is 1. The van der Waals surface area contributed by atoms with Crippen molar-refractivity contribution in [3.8, 4) is 11.5 Å².